The summed E-state index contributed by atoms with van der Waals surface area (Å²) in [5.41, 5.74) is 3.38. The Balaban J connectivity index is 1.94. The molecule has 23 heavy (non-hydrogen) atoms. The lowest BCUT2D eigenvalue weighted by Gasteiger charge is -2.37. The number of nitrogens with one attached hydrogen (secondary N) is 2. The number of amides is 1. The van der Waals surface area contributed by atoms with E-state index in [1.807, 2.05) is 0 Å². The van der Waals surface area contributed by atoms with Crippen LogP contribution in [0.25, 0.3) is 0 Å². The second-order valence-corrected chi connectivity index (χ2v) is 6.44. The van der Waals surface area contributed by atoms with Crippen molar-refractivity contribution in [1.82, 2.24) is 20.2 Å². The first-order chi connectivity index (χ1) is 11.3. The lowest BCUT2D eigenvalue weighted by atomic mass is 9.71. The minimum Gasteiger partial charge on any atom is -0.354 e. The minimum atomic E-state index is -0.0788. The average molecular weight is 310 g/mol. The lowest BCUT2D eigenvalue weighted by Crippen LogP contribution is -2.42. The predicted molar refractivity (Wildman–Crippen MR) is 88.6 cm³/mol. The molecule has 0 unspecified atom stereocenters. The predicted octanol–water partition coefficient (Wildman–Crippen LogP) is 1.47. The van der Waals surface area contributed by atoms with Gasteiger partial charge in [-0.2, -0.15) is 0 Å². The summed E-state index contributed by atoms with van der Waals surface area (Å²) < 4.78 is 2.14. The molecule has 0 radical (unpaired) electrons. The number of rotatable bonds is 1. The van der Waals surface area contributed by atoms with E-state index in [-0.39, 0.29) is 11.3 Å². The molecule has 3 heterocycles. The van der Waals surface area contributed by atoms with Crippen molar-refractivity contribution >= 4 is 5.91 Å². The first-order valence-corrected chi connectivity index (χ1v) is 8.33. The molecule has 5 nitrogen and oxygen atoms in total. The lowest BCUT2D eigenvalue weighted by molar-refractivity contribution is 0.0953. The van der Waals surface area contributed by atoms with E-state index in [0.717, 1.165) is 44.7 Å². The highest BCUT2D eigenvalue weighted by atomic mass is 16.1. The highest BCUT2D eigenvalue weighted by molar-refractivity contribution is 5.92. The molecule has 2 N–H and O–H groups in total. The largest absolute Gasteiger partial charge is 0.354 e. The van der Waals surface area contributed by atoms with E-state index in [9.17, 15) is 4.79 Å². The highest BCUT2D eigenvalue weighted by Gasteiger charge is 2.42. The Bertz CT molecular complexity index is 743. The number of piperidine rings is 1. The van der Waals surface area contributed by atoms with Gasteiger partial charge in [-0.3, -0.25) is 4.79 Å². The number of imidazole rings is 1. The molecule has 1 amide bonds. The van der Waals surface area contributed by atoms with Crippen LogP contribution in [0.3, 0.4) is 0 Å². The molecule has 1 aromatic carbocycles. The van der Waals surface area contributed by atoms with Crippen LogP contribution in [0.1, 0.15) is 40.3 Å². The number of aromatic nitrogens is 2. The minimum absolute atomic E-state index is 0.0567. The molecule has 5 heteroatoms. The monoisotopic (exact) mass is 310 g/mol. The summed E-state index contributed by atoms with van der Waals surface area (Å²) in [6, 6.07) is 8.72. The Morgan fingerprint density at radius 1 is 1.30 bits per heavy atom. The summed E-state index contributed by atoms with van der Waals surface area (Å²) >= 11 is 0. The molecular formula is C18H22N4O. The Morgan fingerprint density at radius 3 is 2.87 bits per heavy atom. The molecule has 4 rings (SSSR count). The van der Waals surface area contributed by atoms with Gasteiger partial charge in [0.25, 0.3) is 5.91 Å². The van der Waals surface area contributed by atoms with Gasteiger partial charge in [-0.1, -0.05) is 24.3 Å². The Morgan fingerprint density at radius 2 is 2.09 bits per heavy atom. The number of benzene rings is 1. The van der Waals surface area contributed by atoms with Crippen molar-refractivity contribution < 1.29 is 4.79 Å². The van der Waals surface area contributed by atoms with Crippen molar-refractivity contribution in [2.45, 2.75) is 31.2 Å². The molecule has 0 bridgehead atoms. The van der Waals surface area contributed by atoms with Crippen molar-refractivity contribution in [2.24, 2.45) is 0 Å². The van der Waals surface area contributed by atoms with Crippen LogP contribution in [0, 0.1) is 0 Å². The Kier molecular flexibility index (Phi) is 3.45. The second-order valence-electron chi connectivity index (χ2n) is 6.44. The van der Waals surface area contributed by atoms with Crippen LogP contribution in [0.4, 0.5) is 0 Å². The molecule has 1 spiro atoms. The molecule has 0 saturated carbocycles. The smallest absolute Gasteiger partial charge is 0.269 e. The summed E-state index contributed by atoms with van der Waals surface area (Å²) in [5, 5.41) is 6.20. The SMILES string of the molecule is CNC(=O)c1cnc2n1CCc1ccccc1C21CCNCC1. The van der Waals surface area contributed by atoms with E-state index in [4.69, 9.17) is 4.98 Å². The van der Waals surface area contributed by atoms with Gasteiger partial charge in [0.1, 0.15) is 11.5 Å². The molecule has 2 aromatic rings. The zero-order chi connectivity index (χ0) is 15.9. The van der Waals surface area contributed by atoms with Crippen molar-refractivity contribution in [3.05, 3.63) is 53.1 Å². The zero-order valence-electron chi connectivity index (χ0n) is 13.4. The number of hydrogen-bond acceptors (Lipinski definition) is 3. The van der Waals surface area contributed by atoms with E-state index < -0.39 is 0 Å². The maximum absolute atomic E-state index is 12.2. The van der Waals surface area contributed by atoms with E-state index in [0.29, 0.717) is 5.69 Å². The molecule has 1 fully saturated rings. The molecule has 1 aromatic heterocycles. The van der Waals surface area contributed by atoms with Gasteiger partial charge in [0, 0.05) is 13.6 Å². The first kappa shape index (κ1) is 14.5. The second kappa shape index (κ2) is 5.49. The fraction of sp³-hybridized carbons (Fsp3) is 0.444. The van der Waals surface area contributed by atoms with Gasteiger partial charge >= 0.3 is 0 Å². The number of carbonyl (C=O) groups is 1. The van der Waals surface area contributed by atoms with Gasteiger partial charge in [-0.15, -0.1) is 0 Å². The molecular weight excluding hydrogens is 288 g/mol. The number of fused-ring (bicyclic) bond motifs is 4. The van der Waals surface area contributed by atoms with Gasteiger partial charge in [0.05, 0.1) is 11.6 Å². The van der Waals surface area contributed by atoms with Gasteiger partial charge in [-0.25, -0.2) is 4.98 Å². The third kappa shape index (κ3) is 2.10. The van der Waals surface area contributed by atoms with Gasteiger partial charge < -0.3 is 15.2 Å². The maximum atomic E-state index is 12.2. The average Bonchev–Trinajstić information content (AvgIpc) is 2.99. The van der Waals surface area contributed by atoms with Crippen LogP contribution in [-0.4, -0.2) is 35.6 Å². The van der Waals surface area contributed by atoms with Crippen molar-refractivity contribution in [2.75, 3.05) is 20.1 Å². The van der Waals surface area contributed by atoms with E-state index in [1.54, 1.807) is 13.2 Å². The molecule has 0 atom stereocenters. The van der Waals surface area contributed by atoms with Gasteiger partial charge in [-0.05, 0) is 43.5 Å². The molecule has 120 valence electrons. The topological polar surface area (TPSA) is 59.0 Å². The van der Waals surface area contributed by atoms with Crippen LogP contribution in [0.15, 0.2) is 30.5 Å². The van der Waals surface area contributed by atoms with E-state index in [1.165, 1.54) is 11.1 Å². The molecule has 2 aliphatic rings. The first-order valence-electron chi connectivity index (χ1n) is 8.33. The third-order valence-electron chi connectivity index (χ3n) is 5.34. The van der Waals surface area contributed by atoms with Crippen molar-refractivity contribution in [1.29, 1.82) is 0 Å². The highest BCUT2D eigenvalue weighted by Crippen LogP contribution is 2.43. The quantitative estimate of drug-likeness (QED) is 0.838. The fourth-order valence-electron chi connectivity index (χ4n) is 4.20. The van der Waals surface area contributed by atoms with E-state index >= 15 is 0 Å². The number of nitrogens with zero attached hydrogens (tertiary/aromatic N) is 2. The van der Waals surface area contributed by atoms with Crippen LogP contribution in [0.2, 0.25) is 0 Å². The van der Waals surface area contributed by atoms with Crippen molar-refractivity contribution in [3.63, 3.8) is 0 Å². The maximum Gasteiger partial charge on any atom is 0.269 e. The van der Waals surface area contributed by atoms with Crippen LogP contribution in [-0.2, 0) is 18.4 Å². The summed E-state index contributed by atoms with van der Waals surface area (Å²) in [6.07, 6.45) is 4.73. The molecule has 0 aliphatic carbocycles. The standard InChI is InChI=1S/C18H22N4O/c1-19-16(23)15-12-21-17-18(7-9-20-10-8-18)14-5-3-2-4-13(14)6-11-22(15)17/h2-5,12,20H,6-11H2,1H3,(H,19,23). The number of aryl methyl sites for hydroxylation is 1. The fourth-order valence-corrected chi connectivity index (χ4v) is 4.20. The van der Waals surface area contributed by atoms with Crippen molar-refractivity contribution in [3.8, 4) is 0 Å². The summed E-state index contributed by atoms with van der Waals surface area (Å²) in [4.78, 5) is 17.0. The molecule has 1 saturated heterocycles. The number of carbonyl (C=O) groups excluding carboxylic acids is 1. The number of hydrogen-bond donors (Lipinski definition) is 2. The summed E-state index contributed by atoms with van der Waals surface area (Å²) in [5.74, 6) is 1.00. The Labute approximate surface area is 136 Å². The van der Waals surface area contributed by atoms with Gasteiger partial charge in [0.2, 0.25) is 0 Å². The zero-order valence-corrected chi connectivity index (χ0v) is 13.4. The third-order valence-corrected chi connectivity index (χ3v) is 5.34. The summed E-state index contributed by atoms with van der Waals surface area (Å²) in [7, 11) is 1.67. The van der Waals surface area contributed by atoms with Gasteiger partial charge in [0.15, 0.2) is 0 Å². The normalized spacial score (nSPS) is 18.8. The molecule has 2 aliphatic heterocycles. The van der Waals surface area contributed by atoms with E-state index in [2.05, 4.69) is 39.5 Å². The van der Waals surface area contributed by atoms with Crippen LogP contribution < -0.4 is 10.6 Å². The van der Waals surface area contributed by atoms with Crippen LogP contribution in [0.5, 0.6) is 0 Å². The van der Waals surface area contributed by atoms with Crippen LogP contribution >= 0.6 is 0 Å². The summed E-state index contributed by atoms with van der Waals surface area (Å²) in [6.45, 7) is 2.78. The Hall–Kier alpha value is -2.14.